The molecule has 0 radical (unpaired) electrons. The van der Waals surface area contributed by atoms with Gasteiger partial charge in [0.1, 0.15) is 0 Å². The van der Waals surface area contributed by atoms with Crippen LogP contribution in [-0.2, 0) is 9.59 Å². The highest BCUT2D eigenvalue weighted by Crippen LogP contribution is 2.22. The quantitative estimate of drug-likeness (QED) is 0.475. The van der Waals surface area contributed by atoms with Crippen molar-refractivity contribution in [3.8, 4) is 0 Å². The lowest BCUT2D eigenvalue weighted by atomic mass is 10.1. The highest BCUT2D eigenvalue weighted by atomic mass is 16.6. The number of hydrogen-bond acceptors (Lipinski definition) is 4. The van der Waals surface area contributed by atoms with Gasteiger partial charge in [0.05, 0.1) is 10.5 Å². The third-order valence-electron chi connectivity index (χ3n) is 2.07. The van der Waals surface area contributed by atoms with E-state index in [1.54, 1.807) is 0 Å². The molecule has 0 amide bonds. The molecule has 0 saturated carbocycles. The van der Waals surface area contributed by atoms with Crippen molar-refractivity contribution in [2.24, 2.45) is 0 Å². The van der Waals surface area contributed by atoms with E-state index < -0.39 is 16.9 Å². The van der Waals surface area contributed by atoms with Gasteiger partial charge in [0.2, 0.25) is 0 Å². The van der Waals surface area contributed by atoms with E-state index in [1.807, 2.05) is 0 Å². The molecule has 0 atom stereocenters. The predicted octanol–water partition coefficient (Wildman–Crippen LogP) is 1.79. The number of carbonyl (C=O) groups is 2. The van der Waals surface area contributed by atoms with Crippen molar-refractivity contribution in [2.75, 3.05) is 0 Å². The van der Waals surface area contributed by atoms with Crippen LogP contribution in [0.15, 0.2) is 30.4 Å². The minimum Gasteiger partial charge on any atom is -0.478 e. The van der Waals surface area contributed by atoms with Crippen molar-refractivity contribution in [3.05, 3.63) is 51.6 Å². The molecule has 0 aromatic heterocycles. The third-order valence-corrected chi connectivity index (χ3v) is 2.07. The number of carboxylic acid groups (broad SMARTS) is 2. The lowest BCUT2D eigenvalue weighted by Gasteiger charge is -1.99. The van der Waals surface area contributed by atoms with Crippen LogP contribution in [-0.4, -0.2) is 27.1 Å². The summed E-state index contributed by atoms with van der Waals surface area (Å²) in [5.74, 6) is -2.39. The van der Waals surface area contributed by atoms with Crippen LogP contribution >= 0.6 is 0 Å². The van der Waals surface area contributed by atoms with Crippen LogP contribution in [0.25, 0.3) is 12.2 Å². The van der Waals surface area contributed by atoms with Crippen LogP contribution in [0.3, 0.4) is 0 Å². The Hall–Kier alpha value is -2.96. The van der Waals surface area contributed by atoms with Gasteiger partial charge in [-0.25, -0.2) is 9.59 Å². The van der Waals surface area contributed by atoms with Crippen LogP contribution in [0.5, 0.6) is 0 Å². The minimum atomic E-state index is -1.24. The van der Waals surface area contributed by atoms with Gasteiger partial charge in [-0.15, -0.1) is 0 Å². The van der Waals surface area contributed by atoms with Crippen LogP contribution in [0.2, 0.25) is 0 Å². The van der Waals surface area contributed by atoms with Gasteiger partial charge < -0.3 is 10.2 Å². The molecule has 1 aromatic carbocycles. The molecule has 0 heterocycles. The lowest BCUT2D eigenvalue weighted by Crippen LogP contribution is -1.93. The molecule has 2 N–H and O–H groups in total. The standard InChI is InChI=1S/C12H9NO6/c14-11(15)5-2-8-1-4-10(13(18)19)9(7-8)3-6-12(16)17/h1-7H,(H,14,15)(H,16,17). The van der Waals surface area contributed by atoms with E-state index in [2.05, 4.69) is 0 Å². The van der Waals surface area contributed by atoms with E-state index >= 15 is 0 Å². The summed E-state index contributed by atoms with van der Waals surface area (Å²) in [6, 6.07) is 3.88. The number of benzene rings is 1. The first kappa shape index (κ1) is 14.1. The van der Waals surface area contributed by atoms with Gasteiger partial charge in [-0.1, -0.05) is 0 Å². The van der Waals surface area contributed by atoms with Gasteiger partial charge in [0.25, 0.3) is 5.69 Å². The maximum atomic E-state index is 10.8. The molecular weight excluding hydrogens is 254 g/mol. The summed E-state index contributed by atoms with van der Waals surface area (Å²) >= 11 is 0. The Morgan fingerprint density at radius 1 is 1.11 bits per heavy atom. The molecule has 0 spiro atoms. The number of nitro benzene ring substituents is 1. The molecule has 1 aromatic rings. The van der Waals surface area contributed by atoms with Gasteiger partial charge in [-0.3, -0.25) is 10.1 Å². The average Bonchev–Trinajstić information content (AvgIpc) is 2.33. The summed E-state index contributed by atoms with van der Waals surface area (Å²) in [7, 11) is 0. The Balaban J connectivity index is 3.21. The van der Waals surface area contributed by atoms with Crippen molar-refractivity contribution in [3.63, 3.8) is 0 Å². The van der Waals surface area contributed by atoms with Gasteiger partial charge in [0, 0.05) is 18.2 Å². The van der Waals surface area contributed by atoms with Crippen LogP contribution in [0.1, 0.15) is 11.1 Å². The fourth-order valence-electron chi connectivity index (χ4n) is 1.31. The van der Waals surface area contributed by atoms with Crippen molar-refractivity contribution in [1.82, 2.24) is 0 Å². The molecule has 0 saturated heterocycles. The summed E-state index contributed by atoms with van der Waals surface area (Å²) in [5.41, 5.74) is 0.239. The zero-order valence-corrected chi connectivity index (χ0v) is 9.52. The number of hydrogen-bond donors (Lipinski definition) is 2. The Morgan fingerprint density at radius 3 is 2.21 bits per heavy atom. The molecule has 7 heteroatoms. The van der Waals surface area contributed by atoms with Crippen LogP contribution in [0.4, 0.5) is 5.69 Å². The smallest absolute Gasteiger partial charge is 0.328 e. The zero-order valence-electron chi connectivity index (χ0n) is 9.52. The summed E-state index contributed by atoms with van der Waals surface area (Å²) in [6.07, 6.45) is 3.99. The van der Waals surface area contributed by atoms with Crippen molar-refractivity contribution in [2.45, 2.75) is 0 Å². The molecule has 98 valence electrons. The second kappa shape index (κ2) is 6.10. The van der Waals surface area contributed by atoms with Crippen molar-refractivity contribution in [1.29, 1.82) is 0 Å². The van der Waals surface area contributed by atoms with Gasteiger partial charge in [-0.2, -0.15) is 0 Å². The Bertz CT molecular complexity index is 588. The Labute approximate surface area is 107 Å². The minimum absolute atomic E-state index is 0.0833. The lowest BCUT2D eigenvalue weighted by molar-refractivity contribution is -0.385. The second-order valence-electron chi connectivity index (χ2n) is 3.42. The van der Waals surface area contributed by atoms with Gasteiger partial charge >= 0.3 is 11.9 Å². The molecular formula is C12H9NO6. The van der Waals surface area contributed by atoms with Gasteiger partial charge in [-0.05, 0) is 29.8 Å². The Morgan fingerprint density at radius 2 is 1.68 bits per heavy atom. The van der Waals surface area contributed by atoms with Crippen LogP contribution < -0.4 is 0 Å². The first-order valence-electron chi connectivity index (χ1n) is 5.00. The van der Waals surface area contributed by atoms with E-state index in [-0.39, 0.29) is 11.3 Å². The SMILES string of the molecule is O=C(O)C=Cc1ccc([N+](=O)[O-])c(C=CC(=O)O)c1. The first-order valence-corrected chi connectivity index (χ1v) is 5.00. The van der Waals surface area contributed by atoms with E-state index in [9.17, 15) is 19.7 Å². The first-order chi connectivity index (χ1) is 8.90. The summed E-state index contributed by atoms with van der Waals surface area (Å²) in [5, 5.41) is 27.7. The van der Waals surface area contributed by atoms with E-state index in [0.29, 0.717) is 5.56 Å². The average molecular weight is 263 g/mol. The second-order valence-corrected chi connectivity index (χ2v) is 3.42. The molecule has 7 nitrogen and oxygen atoms in total. The van der Waals surface area contributed by atoms with E-state index in [1.165, 1.54) is 24.3 Å². The topological polar surface area (TPSA) is 118 Å². The fourth-order valence-corrected chi connectivity index (χ4v) is 1.31. The van der Waals surface area contributed by atoms with Gasteiger partial charge in [0.15, 0.2) is 0 Å². The normalized spacial score (nSPS) is 10.9. The number of carboxylic acids is 2. The van der Waals surface area contributed by atoms with Crippen LogP contribution in [0, 0.1) is 10.1 Å². The highest BCUT2D eigenvalue weighted by molar-refractivity contribution is 5.87. The number of aliphatic carboxylic acids is 2. The highest BCUT2D eigenvalue weighted by Gasteiger charge is 2.11. The maximum absolute atomic E-state index is 10.8. The third kappa shape index (κ3) is 4.43. The summed E-state index contributed by atoms with van der Waals surface area (Å²) < 4.78 is 0. The molecule has 1 rings (SSSR count). The molecule has 0 bridgehead atoms. The monoisotopic (exact) mass is 263 g/mol. The van der Waals surface area contributed by atoms with E-state index in [0.717, 1.165) is 18.2 Å². The summed E-state index contributed by atoms with van der Waals surface area (Å²) in [4.78, 5) is 30.9. The predicted molar refractivity (Wildman–Crippen MR) is 66.4 cm³/mol. The molecule has 0 aliphatic carbocycles. The van der Waals surface area contributed by atoms with Crippen molar-refractivity contribution < 1.29 is 24.7 Å². The molecule has 0 unspecified atom stereocenters. The largest absolute Gasteiger partial charge is 0.478 e. The van der Waals surface area contributed by atoms with E-state index in [4.69, 9.17) is 10.2 Å². The molecule has 19 heavy (non-hydrogen) atoms. The van der Waals surface area contributed by atoms with Crippen molar-refractivity contribution >= 4 is 29.8 Å². The fraction of sp³-hybridized carbons (Fsp3) is 0. The molecule has 0 aliphatic rings. The Kier molecular flexibility index (Phi) is 4.53. The number of nitro groups is 1. The molecule has 0 aliphatic heterocycles. The number of nitrogens with zero attached hydrogens (tertiary/aromatic N) is 1. The number of rotatable bonds is 5. The zero-order chi connectivity index (χ0) is 14.4. The maximum Gasteiger partial charge on any atom is 0.328 e. The molecule has 0 fully saturated rings. The summed E-state index contributed by atoms with van der Waals surface area (Å²) in [6.45, 7) is 0.